The van der Waals surface area contributed by atoms with Gasteiger partial charge in [0.2, 0.25) is 0 Å². The van der Waals surface area contributed by atoms with Crippen LogP contribution in [0.2, 0.25) is 0 Å². The average molecular weight is 182 g/mol. The van der Waals surface area contributed by atoms with E-state index in [9.17, 15) is 4.79 Å². The van der Waals surface area contributed by atoms with E-state index in [1.807, 2.05) is 13.0 Å². The maximum Gasteiger partial charge on any atom is 0.333 e. The third kappa shape index (κ3) is 5.23. The summed E-state index contributed by atoms with van der Waals surface area (Å²) in [5, 5.41) is 0. The minimum Gasteiger partial charge on any atom is -0.458 e. The Morgan fingerprint density at radius 1 is 1.46 bits per heavy atom. The Labute approximate surface area is 80.3 Å². The molecule has 0 radical (unpaired) electrons. The highest BCUT2D eigenvalue weighted by Gasteiger charge is 2.06. The van der Waals surface area contributed by atoms with E-state index < -0.39 is 0 Å². The SMILES string of the molecule is C=CCOC(=O)C(=CCCC)CC. The summed E-state index contributed by atoms with van der Waals surface area (Å²) >= 11 is 0. The molecule has 0 rings (SSSR count). The molecule has 2 heteroatoms. The fourth-order valence-electron chi connectivity index (χ4n) is 0.918. The van der Waals surface area contributed by atoms with E-state index >= 15 is 0 Å². The van der Waals surface area contributed by atoms with Gasteiger partial charge in [0.25, 0.3) is 0 Å². The first-order valence-electron chi connectivity index (χ1n) is 4.73. The number of carbonyl (C=O) groups excluding carboxylic acids is 1. The fraction of sp³-hybridized carbons (Fsp3) is 0.545. The summed E-state index contributed by atoms with van der Waals surface area (Å²) in [5.41, 5.74) is 0.767. The Morgan fingerprint density at radius 2 is 2.15 bits per heavy atom. The molecule has 13 heavy (non-hydrogen) atoms. The summed E-state index contributed by atoms with van der Waals surface area (Å²) in [6, 6.07) is 0. The predicted molar refractivity (Wildman–Crippen MR) is 54.4 cm³/mol. The number of unbranched alkanes of at least 4 members (excludes halogenated alkanes) is 1. The van der Waals surface area contributed by atoms with Gasteiger partial charge in [0.05, 0.1) is 0 Å². The van der Waals surface area contributed by atoms with Gasteiger partial charge < -0.3 is 4.74 Å². The Morgan fingerprint density at radius 3 is 2.62 bits per heavy atom. The molecule has 0 saturated heterocycles. The van der Waals surface area contributed by atoms with Crippen LogP contribution in [-0.2, 0) is 9.53 Å². The molecule has 0 aliphatic rings. The van der Waals surface area contributed by atoms with Crippen molar-refractivity contribution in [3.8, 4) is 0 Å². The van der Waals surface area contributed by atoms with Gasteiger partial charge in [0.15, 0.2) is 0 Å². The number of carbonyl (C=O) groups is 1. The lowest BCUT2D eigenvalue weighted by Crippen LogP contribution is -2.07. The zero-order valence-electron chi connectivity index (χ0n) is 8.51. The van der Waals surface area contributed by atoms with Crippen LogP contribution in [0.25, 0.3) is 0 Å². The quantitative estimate of drug-likeness (QED) is 0.358. The number of hydrogen-bond acceptors (Lipinski definition) is 2. The monoisotopic (exact) mass is 182 g/mol. The van der Waals surface area contributed by atoms with Gasteiger partial charge in [0.1, 0.15) is 6.61 Å². The second-order valence-corrected chi connectivity index (χ2v) is 2.76. The standard InChI is InChI=1S/C11H18O2/c1-4-7-8-10(6-3)11(12)13-9-5-2/h5,8H,2,4,6-7,9H2,1,3H3. The molecule has 0 heterocycles. The molecule has 0 N–H and O–H groups in total. The van der Waals surface area contributed by atoms with Gasteiger partial charge in [-0.25, -0.2) is 4.79 Å². The molecule has 0 aromatic heterocycles. The fourth-order valence-corrected chi connectivity index (χ4v) is 0.918. The van der Waals surface area contributed by atoms with Gasteiger partial charge in [-0.3, -0.25) is 0 Å². The van der Waals surface area contributed by atoms with E-state index in [1.165, 1.54) is 0 Å². The smallest absolute Gasteiger partial charge is 0.333 e. The Hall–Kier alpha value is -1.05. The average Bonchev–Trinajstić information content (AvgIpc) is 2.16. The highest BCUT2D eigenvalue weighted by Crippen LogP contribution is 2.06. The van der Waals surface area contributed by atoms with E-state index in [2.05, 4.69) is 13.5 Å². The molecule has 0 unspecified atom stereocenters. The van der Waals surface area contributed by atoms with E-state index in [0.29, 0.717) is 6.61 Å². The Kier molecular flexibility index (Phi) is 6.98. The van der Waals surface area contributed by atoms with Gasteiger partial charge in [-0.15, -0.1) is 0 Å². The van der Waals surface area contributed by atoms with Crippen molar-refractivity contribution in [2.75, 3.05) is 6.61 Å². The van der Waals surface area contributed by atoms with Crippen LogP contribution in [-0.4, -0.2) is 12.6 Å². The molecule has 0 aromatic carbocycles. The van der Waals surface area contributed by atoms with Crippen LogP contribution in [0.1, 0.15) is 33.1 Å². The molecule has 0 aliphatic carbocycles. The van der Waals surface area contributed by atoms with Crippen LogP contribution in [0.4, 0.5) is 0 Å². The second kappa shape index (κ2) is 7.59. The topological polar surface area (TPSA) is 26.3 Å². The van der Waals surface area contributed by atoms with Gasteiger partial charge in [-0.2, -0.15) is 0 Å². The minimum absolute atomic E-state index is 0.212. The molecule has 74 valence electrons. The summed E-state index contributed by atoms with van der Waals surface area (Å²) in [6.07, 6.45) is 6.25. The van der Waals surface area contributed by atoms with Crippen LogP contribution in [0.3, 0.4) is 0 Å². The lowest BCUT2D eigenvalue weighted by molar-refractivity contribution is -0.137. The molecule has 0 aromatic rings. The maximum absolute atomic E-state index is 11.3. The summed E-state index contributed by atoms with van der Waals surface area (Å²) < 4.78 is 4.92. The zero-order chi connectivity index (χ0) is 10.1. The third-order valence-corrected chi connectivity index (χ3v) is 1.65. The first-order valence-corrected chi connectivity index (χ1v) is 4.73. The first kappa shape index (κ1) is 11.9. The van der Waals surface area contributed by atoms with Crippen molar-refractivity contribution in [3.05, 3.63) is 24.3 Å². The Bertz CT molecular complexity index is 192. The maximum atomic E-state index is 11.3. The number of ether oxygens (including phenoxy) is 1. The molecule has 0 atom stereocenters. The normalized spacial score (nSPS) is 11.1. The van der Waals surface area contributed by atoms with Crippen molar-refractivity contribution < 1.29 is 9.53 Å². The van der Waals surface area contributed by atoms with Gasteiger partial charge >= 0.3 is 5.97 Å². The van der Waals surface area contributed by atoms with Crippen molar-refractivity contribution in [3.63, 3.8) is 0 Å². The molecule has 0 spiro atoms. The summed E-state index contributed by atoms with van der Waals surface area (Å²) in [5.74, 6) is -0.212. The minimum atomic E-state index is -0.212. The summed E-state index contributed by atoms with van der Waals surface area (Å²) in [7, 11) is 0. The molecule has 2 nitrogen and oxygen atoms in total. The van der Waals surface area contributed by atoms with Crippen molar-refractivity contribution in [2.45, 2.75) is 33.1 Å². The van der Waals surface area contributed by atoms with Crippen molar-refractivity contribution >= 4 is 5.97 Å². The lowest BCUT2D eigenvalue weighted by atomic mass is 10.1. The highest BCUT2D eigenvalue weighted by atomic mass is 16.5. The van der Waals surface area contributed by atoms with Crippen molar-refractivity contribution in [2.24, 2.45) is 0 Å². The number of rotatable bonds is 6. The molecular formula is C11H18O2. The molecule has 0 bridgehead atoms. The van der Waals surface area contributed by atoms with E-state index in [4.69, 9.17) is 4.74 Å². The first-order chi connectivity index (χ1) is 6.26. The van der Waals surface area contributed by atoms with Crippen LogP contribution >= 0.6 is 0 Å². The van der Waals surface area contributed by atoms with Crippen molar-refractivity contribution in [1.29, 1.82) is 0 Å². The third-order valence-electron chi connectivity index (χ3n) is 1.65. The molecule has 0 saturated carbocycles. The lowest BCUT2D eigenvalue weighted by Gasteiger charge is -2.03. The van der Waals surface area contributed by atoms with Gasteiger partial charge in [-0.1, -0.05) is 39.0 Å². The molecular weight excluding hydrogens is 164 g/mol. The van der Waals surface area contributed by atoms with Crippen LogP contribution in [0.15, 0.2) is 24.3 Å². The number of allylic oxidation sites excluding steroid dienone is 1. The predicted octanol–water partition coefficient (Wildman–Crippen LogP) is 2.85. The van der Waals surface area contributed by atoms with E-state index in [-0.39, 0.29) is 5.97 Å². The van der Waals surface area contributed by atoms with Gasteiger partial charge in [0, 0.05) is 5.57 Å². The largest absolute Gasteiger partial charge is 0.458 e. The van der Waals surface area contributed by atoms with Gasteiger partial charge in [-0.05, 0) is 12.8 Å². The van der Waals surface area contributed by atoms with Crippen LogP contribution in [0, 0.1) is 0 Å². The zero-order valence-corrected chi connectivity index (χ0v) is 8.51. The van der Waals surface area contributed by atoms with E-state index in [1.54, 1.807) is 6.08 Å². The molecule has 0 fully saturated rings. The number of hydrogen-bond donors (Lipinski definition) is 0. The van der Waals surface area contributed by atoms with Crippen molar-refractivity contribution in [1.82, 2.24) is 0 Å². The molecule has 0 amide bonds. The van der Waals surface area contributed by atoms with Crippen LogP contribution in [0.5, 0.6) is 0 Å². The summed E-state index contributed by atoms with van der Waals surface area (Å²) in [6.45, 7) is 7.81. The molecule has 0 aliphatic heterocycles. The Balaban J connectivity index is 4.06. The second-order valence-electron chi connectivity index (χ2n) is 2.76. The number of esters is 1. The van der Waals surface area contributed by atoms with E-state index in [0.717, 1.165) is 24.8 Å². The highest BCUT2D eigenvalue weighted by molar-refractivity contribution is 5.88. The van der Waals surface area contributed by atoms with Crippen LogP contribution < -0.4 is 0 Å². The summed E-state index contributed by atoms with van der Waals surface area (Å²) in [4.78, 5) is 11.3.